The van der Waals surface area contributed by atoms with Gasteiger partial charge < -0.3 is 10.1 Å². The molecule has 0 bridgehead atoms. The number of amides is 1. The van der Waals surface area contributed by atoms with Crippen LogP contribution in [0.1, 0.15) is 30.1 Å². The Bertz CT molecular complexity index is 941. The topological polar surface area (TPSA) is 92.8 Å². The Kier molecular flexibility index (Phi) is 6.48. The molecule has 0 unspecified atom stereocenters. The Labute approximate surface area is 168 Å². The highest BCUT2D eigenvalue weighted by Gasteiger charge is 2.34. The zero-order chi connectivity index (χ0) is 20.1. The standard InChI is InChI=1S/C19H22N2O5S2/c1-2-26-19(23)15-8-3-4-9-16(15)20-18(22)14-7-5-11-21(13-14)28(24,25)17-10-6-12-27-17/h3-4,6,8-10,12,14H,2,5,7,11,13H2,1H3,(H,20,22)/t14-/m1/s1. The van der Waals surface area contributed by atoms with Crippen LogP contribution in [0.25, 0.3) is 0 Å². The molecule has 0 radical (unpaired) electrons. The molecule has 1 aromatic heterocycles. The minimum absolute atomic E-state index is 0.119. The van der Waals surface area contributed by atoms with Crippen molar-refractivity contribution in [1.29, 1.82) is 0 Å². The van der Waals surface area contributed by atoms with Crippen LogP contribution in [0.15, 0.2) is 46.0 Å². The van der Waals surface area contributed by atoms with E-state index in [-0.39, 0.29) is 28.8 Å². The lowest BCUT2D eigenvalue weighted by molar-refractivity contribution is -0.120. The zero-order valence-corrected chi connectivity index (χ0v) is 17.1. The van der Waals surface area contributed by atoms with Gasteiger partial charge in [-0.2, -0.15) is 4.31 Å². The maximum atomic E-state index is 12.8. The van der Waals surface area contributed by atoms with Crippen molar-refractivity contribution in [3.63, 3.8) is 0 Å². The summed E-state index contributed by atoms with van der Waals surface area (Å²) in [7, 11) is -3.59. The molecule has 0 aliphatic carbocycles. The molecule has 2 heterocycles. The van der Waals surface area contributed by atoms with Gasteiger partial charge in [0.05, 0.1) is 23.8 Å². The van der Waals surface area contributed by atoms with Crippen LogP contribution < -0.4 is 5.32 Å². The van der Waals surface area contributed by atoms with Gasteiger partial charge in [-0.3, -0.25) is 4.79 Å². The molecule has 0 saturated carbocycles. The molecule has 1 amide bonds. The third-order valence-corrected chi connectivity index (χ3v) is 7.76. The van der Waals surface area contributed by atoms with E-state index in [1.54, 1.807) is 48.7 Å². The molecule has 7 nitrogen and oxygen atoms in total. The predicted octanol–water partition coefficient (Wildman–Crippen LogP) is 2.96. The van der Waals surface area contributed by atoms with Crippen LogP contribution >= 0.6 is 11.3 Å². The molecule has 1 N–H and O–H groups in total. The Morgan fingerprint density at radius 1 is 1.25 bits per heavy atom. The number of piperidine rings is 1. The Hall–Kier alpha value is -2.23. The molecule has 1 saturated heterocycles. The fourth-order valence-corrected chi connectivity index (χ4v) is 5.79. The van der Waals surface area contributed by atoms with Gasteiger partial charge in [0.2, 0.25) is 5.91 Å². The van der Waals surface area contributed by atoms with Gasteiger partial charge in [-0.15, -0.1) is 11.3 Å². The second kappa shape index (κ2) is 8.85. The average Bonchev–Trinajstić information content (AvgIpc) is 3.24. The van der Waals surface area contributed by atoms with E-state index in [2.05, 4.69) is 5.32 Å². The molecular weight excluding hydrogens is 400 g/mol. The lowest BCUT2D eigenvalue weighted by Gasteiger charge is -2.30. The molecule has 1 atom stereocenters. The second-order valence-corrected chi connectivity index (χ2v) is 9.50. The van der Waals surface area contributed by atoms with E-state index < -0.39 is 21.9 Å². The molecule has 0 spiro atoms. The molecule has 1 aromatic carbocycles. The summed E-state index contributed by atoms with van der Waals surface area (Å²) in [5, 5.41) is 4.48. The number of benzene rings is 1. The average molecular weight is 423 g/mol. The van der Waals surface area contributed by atoms with Gasteiger partial charge in [0.25, 0.3) is 10.0 Å². The van der Waals surface area contributed by atoms with Crippen LogP contribution in [0, 0.1) is 5.92 Å². The van der Waals surface area contributed by atoms with Crippen molar-refractivity contribution in [3.8, 4) is 0 Å². The van der Waals surface area contributed by atoms with Gasteiger partial charge >= 0.3 is 5.97 Å². The van der Waals surface area contributed by atoms with Crippen molar-refractivity contribution in [2.75, 3.05) is 25.0 Å². The highest BCUT2D eigenvalue weighted by Crippen LogP contribution is 2.27. The largest absolute Gasteiger partial charge is 0.462 e. The normalized spacial score (nSPS) is 17.8. The molecule has 150 valence electrons. The Morgan fingerprint density at radius 3 is 2.75 bits per heavy atom. The highest BCUT2D eigenvalue weighted by atomic mass is 32.2. The first-order valence-electron chi connectivity index (χ1n) is 9.04. The molecule has 1 aliphatic heterocycles. The lowest BCUT2D eigenvalue weighted by Crippen LogP contribution is -2.43. The third kappa shape index (κ3) is 4.43. The maximum absolute atomic E-state index is 12.8. The van der Waals surface area contributed by atoms with Gasteiger partial charge in [0.15, 0.2) is 0 Å². The summed E-state index contributed by atoms with van der Waals surface area (Å²) in [6.45, 7) is 2.46. The van der Waals surface area contributed by atoms with E-state index >= 15 is 0 Å². The van der Waals surface area contributed by atoms with E-state index in [0.717, 1.165) is 11.3 Å². The number of para-hydroxylation sites is 1. The number of rotatable bonds is 6. The van der Waals surface area contributed by atoms with Crippen LogP contribution in [-0.4, -0.2) is 44.3 Å². The number of nitrogens with one attached hydrogen (secondary N) is 1. The predicted molar refractivity (Wildman–Crippen MR) is 107 cm³/mol. The SMILES string of the molecule is CCOC(=O)c1ccccc1NC(=O)[C@@H]1CCCN(S(=O)(=O)c2cccs2)C1. The van der Waals surface area contributed by atoms with E-state index in [1.807, 2.05) is 0 Å². The molecular formula is C19H22N2O5S2. The first-order chi connectivity index (χ1) is 13.4. The monoisotopic (exact) mass is 422 g/mol. The van der Waals surface area contributed by atoms with Crippen molar-refractivity contribution >= 4 is 38.9 Å². The van der Waals surface area contributed by atoms with E-state index in [1.165, 1.54) is 4.31 Å². The number of thiophene rings is 1. The lowest BCUT2D eigenvalue weighted by atomic mass is 9.98. The van der Waals surface area contributed by atoms with Gasteiger partial charge in [0, 0.05) is 13.1 Å². The second-order valence-electron chi connectivity index (χ2n) is 6.39. The van der Waals surface area contributed by atoms with Gasteiger partial charge in [0.1, 0.15) is 4.21 Å². The van der Waals surface area contributed by atoms with Crippen LogP contribution in [0.3, 0.4) is 0 Å². The number of nitrogens with zero attached hydrogens (tertiary/aromatic N) is 1. The molecule has 1 aliphatic rings. The van der Waals surface area contributed by atoms with Crippen LogP contribution in [0.5, 0.6) is 0 Å². The summed E-state index contributed by atoms with van der Waals surface area (Å²) >= 11 is 1.16. The molecule has 9 heteroatoms. The summed E-state index contributed by atoms with van der Waals surface area (Å²) in [6.07, 6.45) is 1.19. The number of ether oxygens (including phenoxy) is 1. The molecule has 28 heavy (non-hydrogen) atoms. The summed E-state index contributed by atoms with van der Waals surface area (Å²) in [5.74, 6) is -1.30. The van der Waals surface area contributed by atoms with E-state index in [0.29, 0.717) is 25.1 Å². The van der Waals surface area contributed by atoms with Crippen molar-refractivity contribution in [3.05, 3.63) is 47.3 Å². The van der Waals surface area contributed by atoms with Gasteiger partial charge in [-0.25, -0.2) is 13.2 Å². The van der Waals surface area contributed by atoms with Crippen LogP contribution in [0.2, 0.25) is 0 Å². The number of carbonyl (C=O) groups is 2. The van der Waals surface area contributed by atoms with E-state index in [4.69, 9.17) is 4.74 Å². The zero-order valence-electron chi connectivity index (χ0n) is 15.5. The molecule has 1 fully saturated rings. The number of esters is 1. The van der Waals surface area contributed by atoms with Gasteiger partial charge in [-0.1, -0.05) is 18.2 Å². The third-order valence-electron chi connectivity index (χ3n) is 4.52. The summed E-state index contributed by atoms with van der Waals surface area (Å²) in [5.41, 5.74) is 0.640. The fourth-order valence-electron chi connectivity index (χ4n) is 3.13. The molecule has 3 rings (SSSR count). The highest BCUT2D eigenvalue weighted by molar-refractivity contribution is 7.91. The van der Waals surface area contributed by atoms with E-state index in [9.17, 15) is 18.0 Å². The summed E-state index contributed by atoms with van der Waals surface area (Å²) in [6, 6.07) is 9.89. The van der Waals surface area contributed by atoms with Crippen molar-refractivity contribution in [1.82, 2.24) is 4.31 Å². The van der Waals surface area contributed by atoms with Gasteiger partial charge in [-0.05, 0) is 43.3 Å². The Morgan fingerprint density at radius 2 is 2.04 bits per heavy atom. The maximum Gasteiger partial charge on any atom is 0.340 e. The van der Waals surface area contributed by atoms with Crippen molar-refractivity contribution in [2.45, 2.75) is 24.0 Å². The summed E-state index contributed by atoms with van der Waals surface area (Å²) in [4.78, 5) is 24.9. The quantitative estimate of drug-likeness (QED) is 0.723. The first-order valence-corrected chi connectivity index (χ1v) is 11.4. The van der Waals surface area contributed by atoms with Crippen molar-refractivity contribution < 1.29 is 22.7 Å². The number of anilines is 1. The number of sulfonamides is 1. The fraction of sp³-hybridized carbons (Fsp3) is 0.368. The van der Waals surface area contributed by atoms with Crippen LogP contribution in [0.4, 0.5) is 5.69 Å². The molecule has 2 aromatic rings. The minimum Gasteiger partial charge on any atom is -0.462 e. The first kappa shape index (κ1) is 20.5. The summed E-state index contributed by atoms with van der Waals surface area (Å²) < 4.78 is 32.1. The minimum atomic E-state index is -3.59. The number of hydrogen-bond acceptors (Lipinski definition) is 6. The van der Waals surface area contributed by atoms with Crippen LogP contribution in [-0.2, 0) is 19.6 Å². The van der Waals surface area contributed by atoms with Crippen molar-refractivity contribution in [2.24, 2.45) is 5.92 Å². The number of carbonyl (C=O) groups excluding carboxylic acids is 2. The Balaban J connectivity index is 1.73. The smallest absolute Gasteiger partial charge is 0.340 e. The number of hydrogen-bond donors (Lipinski definition) is 1.